The first kappa shape index (κ1) is 8.53. The van der Waals surface area contributed by atoms with Gasteiger partial charge in [-0.25, -0.2) is 0 Å². The number of nitrogens with one attached hydrogen (secondary N) is 1. The maximum atomic E-state index is 10.6. The van der Waals surface area contributed by atoms with Crippen molar-refractivity contribution in [2.45, 2.75) is 38.8 Å². The number of carboxylic acids is 1. The third-order valence-electron chi connectivity index (χ3n) is 2.19. The zero-order valence-electron chi connectivity index (χ0n) is 7.00. The smallest absolute Gasteiger partial charge is 0.306 e. The Morgan fingerprint density at radius 3 is 2.18 bits per heavy atom. The molecule has 3 nitrogen and oxygen atoms in total. The summed E-state index contributed by atoms with van der Waals surface area (Å²) in [5.74, 6) is -0.786. The van der Waals surface area contributed by atoms with E-state index in [1.165, 1.54) is 0 Å². The number of piperidine rings is 1. The lowest BCUT2D eigenvalue weighted by atomic mass is 9.89. The van der Waals surface area contributed by atoms with Gasteiger partial charge in [-0.1, -0.05) is 0 Å². The Morgan fingerprint density at radius 1 is 1.36 bits per heavy atom. The molecule has 3 heteroatoms. The minimum atomic E-state index is -0.648. The molecule has 0 bridgehead atoms. The molecule has 1 fully saturated rings. The Morgan fingerprint density at radius 2 is 1.82 bits per heavy atom. The molecule has 0 aromatic rings. The molecule has 1 aliphatic heterocycles. The lowest BCUT2D eigenvalue weighted by Crippen LogP contribution is -2.44. The molecule has 0 spiro atoms. The maximum Gasteiger partial charge on any atom is 0.306 e. The van der Waals surface area contributed by atoms with Crippen molar-refractivity contribution >= 4 is 5.97 Å². The molecule has 1 rings (SSSR count). The number of carbonyl (C=O) groups is 1. The van der Waals surface area contributed by atoms with E-state index in [0.29, 0.717) is 12.1 Å². The maximum absolute atomic E-state index is 10.6. The summed E-state index contributed by atoms with van der Waals surface area (Å²) in [6.45, 7) is 4.07. The van der Waals surface area contributed by atoms with E-state index in [2.05, 4.69) is 5.32 Å². The van der Waals surface area contributed by atoms with Gasteiger partial charge in [0.05, 0.1) is 5.92 Å². The third kappa shape index (κ3) is 2.19. The molecule has 2 unspecified atom stereocenters. The SMILES string of the molecule is CC1CC(C(=O)O)CC(C)N1. The van der Waals surface area contributed by atoms with Crippen LogP contribution in [-0.2, 0) is 4.79 Å². The topological polar surface area (TPSA) is 49.3 Å². The van der Waals surface area contributed by atoms with Crippen molar-refractivity contribution in [3.8, 4) is 0 Å². The van der Waals surface area contributed by atoms with Gasteiger partial charge in [0.1, 0.15) is 0 Å². The van der Waals surface area contributed by atoms with E-state index in [9.17, 15) is 4.79 Å². The molecule has 0 aromatic heterocycles. The van der Waals surface area contributed by atoms with Crippen LogP contribution >= 0.6 is 0 Å². The highest BCUT2D eigenvalue weighted by Crippen LogP contribution is 2.19. The zero-order valence-corrected chi connectivity index (χ0v) is 7.00. The van der Waals surface area contributed by atoms with Crippen LogP contribution in [0.15, 0.2) is 0 Å². The number of rotatable bonds is 1. The highest BCUT2D eigenvalue weighted by atomic mass is 16.4. The molecule has 1 heterocycles. The number of aliphatic carboxylic acids is 1. The Bertz CT molecular complexity index is 148. The molecule has 0 radical (unpaired) electrons. The predicted octanol–water partition coefficient (Wildman–Crippen LogP) is 0.848. The second-order valence-electron chi connectivity index (χ2n) is 3.48. The summed E-state index contributed by atoms with van der Waals surface area (Å²) < 4.78 is 0. The van der Waals surface area contributed by atoms with Gasteiger partial charge in [0.15, 0.2) is 0 Å². The Kier molecular flexibility index (Phi) is 2.49. The van der Waals surface area contributed by atoms with Crippen LogP contribution in [0.4, 0.5) is 0 Å². The molecule has 0 aliphatic carbocycles. The van der Waals surface area contributed by atoms with Gasteiger partial charge in [-0.15, -0.1) is 0 Å². The van der Waals surface area contributed by atoms with Gasteiger partial charge in [0.25, 0.3) is 0 Å². The second-order valence-corrected chi connectivity index (χ2v) is 3.48. The number of carboxylic acid groups (broad SMARTS) is 1. The number of hydrogen-bond donors (Lipinski definition) is 2. The van der Waals surface area contributed by atoms with Crippen LogP contribution in [0.3, 0.4) is 0 Å². The Balaban J connectivity index is 2.49. The molecule has 64 valence electrons. The van der Waals surface area contributed by atoms with Gasteiger partial charge in [0, 0.05) is 12.1 Å². The van der Waals surface area contributed by atoms with E-state index in [1.807, 2.05) is 13.8 Å². The summed E-state index contributed by atoms with van der Waals surface area (Å²) in [5, 5.41) is 12.0. The fourth-order valence-corrected chi connectivity index (χ4v) is 1.77. The van der Waals surface area contributed by atoms with Crippen LogP contribution in [-0.4, -0.2) is 23.2 Å². The normalized spacial score (nSPS) is 38.5. The van der Waals surface area contributed by atoms with Crippen LogP contribution < -0.4 is 5.32 Å². The van der Waals surface area contributed by atoms with Gasteiger partial charge >= 0.3 is 5.97 Å². The molecular formula is C8H15NO2. The van der Waals surface area contributed by atoms with E-state index >= 15 is 0 Å². The van der Waals surface area contributed by atoms with Crippen LogP contribution in [0.1, 0.15) is 26.7 Å². The average molecular weight is 157 g/mol. The van der Waals surface area contributed by atoms with Crippen molar-refractivity contribution in [1.82, 2.24) is 5.32 Å². The summed E-state index contributed by atoms with van der Waals surface area (Å²) >= 11 is 0. The molecule has 2 N–H and O–H groups in total. The van der Waals surface area contributed by atoms with Crippen LogP contribution in [0.2, 0.25) is 0 Å². The Labute approximate surface area is 66.8 Å². The van der Waals surface area contributed by atoms with Crippen molar-refractivity contribution in [2.24, 2.45) is 5.92 Å². The van der Waals surface area contributed by atoms with Crippen LogP contribution in [0.25, 0.3) is 0 Å². The van der Waals surface area contributed by atoms with E-state index in [4.69, 9.17) is 5.11 Å². The first-order valence-corrected chi connectivity index (χ1v) is 4.08. The van der Waals surface area contributed by atoms with Gasteiger partial charge < -0.3 is 10.4 Å². The van der Waals surface area contributed by atoms with E-state index in [0.717, 1.165) is 12.8 Å². The monoisotopic (exact) mass is 157 g/mol. The third-order valence-corrected chi connectivity index (χ3v) is 2.19. The van der Waals surface area contributed by atoms with Crippen LogP contribution in [0.5, 0.6) is 0 Å². The van der Waals surface area contributed by atoms with Crippen molar-refractivity contribution < 1.29 is 9.90 Å². The first-order valence-electron chi connectivity index (χ1n) is 4.08. The molecule has 0 amide bonds. The summed E-state index contributed by atoms with van der Waals surface area (Å²) in [5.41, 5.74) is 0. The quantitative estimate of drug-likeness (QED) is 0.593. The summed E-state index contributed by atoms with van der Waals surface area (Å²) in [4.78, 5) is 10.6. The van der Waals surface area contributed by atoms with E-state index in [1.54, 1.807) is 0 Å². The van der Waals surface area contributed by atoms with Crippen molar-refractivity contribution in [3.63, 3.8) is 0 Å². The fourth-order valence-electron chi connectivity index (χ4n) is 1.77. The van der Waals surface area contributed by atoms with Gasteiger partial charge in [-0.2, -0.15) is 0 Å². The minimum Gasteiger partial charge on any atom is -0.481 e. The standard InChI is InChI=1S/C8H15NO2/c1-5-3-7(8(10)11)4-6(2)9-5/h5-7,9H,3-4H2,1-2H3,(H,10,11). The minimum absolute atomic E-state index is 0.138. The Hall–Kier alpha value is -0.570. The highest BCUT2D eigenvalue weighted by molar-refractivity contribution is 5.70. The van der Waals surface area contributed by atoms with Crippen molar-refractivity contribution in [1.29, 1.82) is 0 Å². The van der Waals surface area contributed by atoms with Crippen LogP contribution in [0, 0.1) is 5.92 Å². The molecular weight excluding hydrogens is 142 g/mol. The second kappa shape index (κ2) is 3.22. The lowest BCUT2D eigenvalue weighted by molar-refractivity contribution is -0.143. The molecule has 0 aromatic carbocycles. The molecule has 1 saturated heterocycles. The first-order chi connectivity index (χ1) is 5.09. The van der Waals surface area contributed by atoms with Gasteiger partial charge in [-0.3, -0.25) is 4.79 Å². The van der Waals surface area contributed by atoms with Crippen molar-refractivity contribution in [2.75, 3.05) is 0 Å². The van der Waals surface area contributed by atoms with E-state index < -0.39 is 5.97 Å². The fraction of sp³-hybridized carbons (Fsp3) is 0.875. The summed E-state index contributed by atoms with van der Waals surface area (Å²) in [6, 6.07) is 0.694. The lowest BCUT2D eigenvalue weighted by Gasteiger charge is -2.30. The largest absolute Gasteiger partial charge is 0.481 e. The molecule has 11 heavy (non-hydrogen) atoms. The van der Waals surface area contributed by atoms with Gasteiger partial charge in [0.2, 0.25) is 0 Å². The summed E-state index contributed by atoms with van der Waals surface area (Å²) in [6.07, 6.45) is 1.53. The zero-order chi connectivity index (χ0) is 8.43. The van der Waals surface area contributed by atoms with Crippen molar-refractivity contribution in [3.05, 3.63) is 0 Å². The van der Waals surface area contributed by atoms with E-state index in [-0.39, 0.29) is 5.92 Å². The average Bonchev–Trinajstić information content (AvgIpc) is 1.85. The molecule has 1 aliphatic rings. The summed E-state index contributed by atoms with van der Waals surface area (Å²) in [7, 11) is 0. The molecule has 2 atom stereocenters. The highest BCUT2D eigenvalue weighted by Gasteiger charge is 2.27. The number of hydrogen-bond acceptors (Lipinski definition) is 2. The van der Waals surface area contributed by atoms with Gasteiger partial charge in [-0.05, 0) is 26.7 Å². The predicted molar refractivity (Wildman–Crippen MR) is 42.4 cm³/mol. The molecule has 0 saturated carbocycles.